The van der Waals surface area contributed by atoms with Gasteiger partial charge in [-0.2, -0.15) is 26.3 Å². The number of rotatable bonds is 3. The Balaban J connectivity index is 1.87. The second kappa shape index (κ2) is 7.20. The van der Waals surface area contributed by atoms with Gasteiger partial charge in [-0.05, 0) is 18.2 Å². The molecule has 1 aromatic heterocycles. The molecular weight excluding hydrogens is 412 g/mol. The number of aromatic nitrogens is 3. The molecule has 0 unspecified atom stereocenters. The minimum Gasteiger partial charge on any atom is -0.270 e. The molecule has 1 fully saturated rings. The van der Waals surface area contributed by atoms with E-state index in [9.17, 15) is 35.9 Å². The van der Waals surface area contributed by atoms with Crippen LogP contribution < -0.4 is 5.43 Å². The van der Waals surface area contributed by atoms with Crippen molar-refractivity contribution in [3.8, 4) is 11.4 Å². The number of carbonyl (C=O) groups excluding carboxylic acids is 2. The zero-order valence-electron chi connectivity index (χ0n) is 14.0. The molecule has 1 aliphatic heterocycles. The van der Waals surface area contributed by atoms with Crippen molar-refractivity contribution in [1.29, 1.82) is 0 Å². The summed E-state index contributed by atoms with van der Waals surface area (Å²) < 4.78 is 78.5. The number of alkyl halides is 6. The second-order valence-electron chi connectivity index (χ2n) is 5.60. The highest BCUT2D eigenvalue weighted by Gasteiger charge is 2.37. The molecule has 8 nitrogen and oxygen atoms in total. The van der Waals surface area contributed by atoms with Crippen LogP contribution in [0.3, 0.4) is 0 Å². The Morgan fingerprint density at radius 3 is 2.24 bits per heavy atom. The summed E-state index contributed by atoms with van der Waals surface area (Å²) in [6.07, 6.45) is -7.14. The fourth-order valence-electron chi connectivity index (χ4n) is 2.19. The van der Waals surface area contributed by atoms with Crippen LogP contribution in [-0.2, 0) is 26.8 Å². The zero-order chi connectivity index (χ0) is 21.4. The van der Waals surface area contributed by atoms with Crippen molar-refractivity contribution >= 4 is 18.0 Å². The summed E-state index contributed by atoms with van der Waals surface area (Å²) in [4.78, 5) is 31.0. The first-order chi connectivity index (χ1) is 13.4. The molecule has 2 amide bonds. The quantitative estimate of drug-likeness (QED) is 0.607. The molecule has 29 heavy (non-hydrogen) atoms. The van der Waals surface area contributed by atoms with Gasteiger partial charge in [0.2, 0.25) is 0 Å². The number of hydrogen-bond acceptors (Lipinski definition) is 5. The van der Waals surface area contributed by atoms with Gasteiger partial charge in [-0.1, -0.05) is 0 Å². The number of hydroxylamine groups is 1. The number of nitrogens with zero attached hydrogens (tertiary/aromatic N) is 4. The van der Waals surface area contributed by atoms with Gasteiger partial charge in [0, 0.05) is 17.8 Å². The number of hydrogen-bond donors (Lipinski definition) is 1. The first-order valence-electron chi connectivity index (χ1n) is 7.59. The molecule has 0 bridgehead atoms. The zero-order valence-corrected chi connectivity index (χ0v) is 14.0. The Hall–Kier alpha value is -3.42. The molecule has 0 aliphatic carbocycles. The largest absolute Gasteiger partial charge is 0.416 e. The molecule has 0 spiro atoms. The monoisotopic (exact) mass is 421 g/mol. The summed E-state index contributed by atoms with van der Waals surface area (Å²) in [6, 6.07) is 0.957. The Morgan fingerprint density at radius 1 is 1.10 bits per heavy atom. The molecule has 0 saturated carbocycles. The Bertz CT molecular complexity index is 949. The Labute approximate surface area is 157 Å². The fraction of sp³-hybridized carbons (Fsp3) is 0.200. The van der Waals surface area contributed by atoms with Gasteiger partial charge in [0.15, 0.2) is 12.4 Å². The summed E-state index contributed by atoms with van der Waals surface area (Å²) in [5.74, 6) is -1.80. The molecule has 0 radical (unpaired) electrons. The van der Waals surface area contributed by atoms with Crippen molar-refractivity contribution in [3.05, 3.63) is 41.7 Å². The van der Waals surface area contributed by atoms with Crippen LogP contribution in [0.1, 0.15) is 11.1 Å². The highest BCUT2D eigenvalue weighted by molar-refractivity contribution is 5.92. The van der Waals surface area contributed by atoms with Crippen LogP contribution >= 0.6 is 0 Å². The first kappa shape index (κ1) is 20.3. The standard InChI is InChI=1S/C15H9F6N5O3/c16-14(17,18)9-3-8(4-10(5-9)15(19,20)21)13-22-7-25(24-13)2-1-12(28)26-23-11(27)6-29-26/h1-5,7H,6H2,(H,23,27)/b2-1-. The molecule has 1 aromatic carbocycles. The van der Waals surface area contributed by atoms with Crippen LogP contribution in [0.25, 0.3) is 17.6 Å². The summed E-state index contributed by atoms with van der Waals surface area (Å²) >= 11 is 0. The van der Waals surface area contributed by atoms with Crippen LogP contribution in [0, 0.1) is 0 Å². The number of amides is 2. The van der Waals surface area contributed by atoms with Crippen LogP contribution in [0.2, 0.25) is 0 Å². The molecule has 3 rings (SSSR count). The predicted molar refractivity (Wildman–Crippen MR) is 81.7 cm³/mol. The fourth-order valence-corrected chi connectivity index (χ4v) is 2.19. The van der Waals surface area contributed by atoms with Crippen LogP contribution in [0.4, 0.5) is 26.3 Å². The van der Waals surface area contributed by atoms with Crippen molar-refractivity contribution in [2.45, 2.75) is 12.4 Å². The number of halogens is 6. The maximum absolute atomic E-state index is 12.9. The molecule has 154 valence electrons. The Morgan fingerprint density at radius 2 is 1.72 bits per heavy atom. The van der Waals surface area contributed by atoms with Gasteiger partial charge in [-0.3, -0.25) is 9.59 Å². The van der Waals surface area contributed by atoms with Crippen molar-refractivity contribution in [2.24, 2.45) is 0 Å². The van der Waals surface area contributed by atoms with Gasteiger partial charge < -0.3 is 0 Å². The number of nitrogens with one attached hydrogen (secondary N) is 1. The van der Waals surface area contributed by atoms with E-state index >= 15 is 0 Å². The van der Waals surface area contributed by atoms with Crippen molar-refractivity contribution in [3.63, 3.8) is 0 Å². The molecule has 14 heteroatoms. The van der Waals surface area contributed by atoms with E-state index in [1.165, 1.54) is 0 Å². The SMILES string of the molecule is O=C1CON(C(=O)/C=C\n2cnc(-c3cc(C(F)(F)F)cc(C(F)(F)F)c3)n2)N1. The lowest BCUT2D eigenvalue weighted by atomic mass is 10.0. The van der Waals surface area contributed by atoms with E-state index in [4.69, 9.17) is 4.84 Å². The molecule has 1 aliphatic rings. The predicted octanol–water partition coefficient (Wildman–Crippen LogP) is 2.26. The highest BCUT2D eigenvalue weighted by atomic mass is 19.4. The van der Waals surface area contributed by atoms with E-state index in [2.05, 4.69) is 15.5 Å². The maximum atomic E-state index is 12.9. The van der Waals surface area contributed by atoms with E-state index in [0.717, 1.165) is 23.3 Å². The van der Waals surface area contributed by atoms with Gasteiger partial charge in [-0.25, -0.2) is 19.9 Å². The van der Waals surface area contributed by atoms with Crippen molar-refractivity contribution in [1.82, 2.24) is 25.4 Å². The van der Waals surface area contributed by atoms with Crippen LogP contribution in [-0.4, -0.2) is 38.4 Å². The van der Waals surface area contributed by atoms with Gasteiger partial charge >= 0.3 is 12.4 Å². The van der Waals surface area contributed by atoms with E-state index < -0.39 is 46.7 Å². The minimum atomic E-state index is -5.01. The van der Waals surface area contributed by atoms with Crippen LogP contribution in [0.15, 0.2) is 30.6 Å². The van der Waals surface area contributed by atoms with Crippen molar-refractivity contribution < 1.29 is 40.8 Å². The third-order valence-electron chi connectivity index (χ3n) is 3.48. The molecule has 0 atom stereocenters. The molecule has 2 heterocycles. The first-order valence-corrected chi connectivity index (χ1v) is 7.59. The maximum Gasteiger partial charge on any atom is 0.416 e. The number of carbonyl (C=O) groups is 2. The van der Waals surface area contributed by atoms with Gasteiger partial charge in [0.1, 0.15) is 6.33 Å². The van der Waals surface area contributed by atoms with E-state index in [-0.39, 0.29) is 12.7 Å². The van der Waals surface area contributed by atoms with Crippen LogP contribution in [0.5, 0.6) is 0 Å². The lowest BCUT2D eigenvalue weighted by Gasteiger charge is -2.13. The molecule has 2 aromatic rings. The lowest BCUT2D eigenvalue weighted by Crippen LogP contribution is -2.36. The number of benzene rings is 1. The highest BCUT2D eigenvalue weighted by Crippen LogP contribution is 2.38. The Kier molecular flexibility index (Phi) is 5.04. The summed E-state index contributed by atoms with van der Waals surface area (Å²) in [5, 5.41) is 4.27. The summed E-state index contributed by atoms with van der Waals surface area (Å²) in [6.45, 7) is -0.357. The third kappa shape index (κ3) is 4.71. The molecule has 1 N–H and O–H groups in total. The van der Waals surface area contributed by atoms with Gasteiger partial charge in [0.25, 0.3) is 11.8 Å². The van der Waals surface area contributed by atoms with E-state index in [0.29, 0.717) is 17.3 Å². The van der Waals surface area contributed by atoms with E-state index in [1.54, 1.807) is 0 Å². The smallest absolute Gasteiger partial charge is 0.270 e. The topological polar surface area (TPSA) is 89.4 Å². The molecule has 1 saturated heterocycles. The van der Waals surface area contributed by atoms with Gasteiger partial charge in [-0.15, -0.1) is 10.3 Å². The number of hydrazine groups is 1. The van der Waals surface area contributed by atoms with E-state index in [1.807, 2.05) is 0 Å². The molecular formula is C15H9F6N5O3. The average molecular weight is 421 g/mol. The second-order valence-corrected chi connectivity index (χ2v) is 5.60. The van der Waals surface area contributed by atoms with Gasteiger partial charge in [0.05, 0.1) is 11.1 Å². The normalized spacial score (nSPS) is 15.2. The summed E-state index contributed by atoms with van der Waals surface area (Å²) in [7, 11) is 0. The lowest BCUT2D eigenvalue weighted by molar-refractivity contribution is -0.174. The van der Waals surface area contributed by atoms with Crippen molar-refractivity contribution in [2.75, 3.05) is 6.61 Å². The summed E-state index contributed by atoms with van der Waals surface area (Å²) in [5.41, 5.74) is -1.45. The average Bonchev–Trinajstić information content (AvgIpc) is 3.27. The minimum absolute atomic E-state index is 0.0105. The third-order valence-corrected chi connectivity index (χ3v) is 3.48.